The SMILES string of the molecule is CC[C@@]1(O)C(=O)OCc2c1cc1n(c2=O)Cc2c-1nc1ccc(NC(=O)CNC(=O)[C@H](Cc3ccccc3)NC(=O)Cc3nc4cc(F)c(C(N)=O)cc4s3)c3c1c2CCO3. The summed E-state index contributed by atoms with van der Waals surface area (Å²) in [5.74, 6) is -3.90. The highest BCUT2D eigenvalue weighted by molar-refractivity contribution is 7.18. The van der Waals surface area contributed by atoms with E-state index in [0.29, 0.717) is 49.9 Å². The Morgan fingerprint density at radius 1 is 1.00 bits per heavy atom. The number of nitrogens with two attached hydrogens (primary N) is 1. The maximum absolute atomic E-state index is 14.3. The Bertz CT molecular complexity index is 2950. The van der Waals surface area contributed by atoms with Gasteiger partial charge in [-0.3, -0.25) is 24.0 Å². The van der Waals surface area contributed by atoms with Gasteiger partial charge in [0.1, 0.15) is 23.5 Å². The maximum Gasteiger partial charge on any atom is 0.343 e. The average molecular weight is 846 g/mol. The zero-order valence-corrected chi connectivity index (χ0v) is 33.2. The zero-order valence-electron chi connectivity index (χ0n) is 32.4. The lowest BCUT2D eigenvalue weighted by atomic mass is 9.86. The summed E-state index contributed by atoms with van der Waals surface area (Å²) in [5, 5.41) is 20.4. The first kappa shape index (κ1) is 39.4. The summed E-state index contributed by atoms with van der Waals surface area (Å²) >= 11 is 1.09. The Kier molecular flexibility index (Phi) is 9.82. The molecule has 3 aliphatic heterocycles. The van der Waals surface area contributed by atoms with Gasteiger partial charge >= 0.3 is 5.97 Å². The predicted molar refractivity (Wildman–Crippen MR) is 219 cm³/mol. The molecule has 6 heterocycles. The minimum atomic E-state index is -1.96. The number of rotatable bonds is 11. The number of ether oxygens (including phenoxy) is 2. The van der Waals surface area contributed by atoms with Crippen LogP contribution in [0.2, 0.25) is 0 Å². The number of esters is 1. The molecule has 4 amide bonds. The number of anilines is 1. The lowest BCUT2D eigenvalue weighted by Gasteiger charge is -2.31. The van der Waals surface area contributed by atoms with Crippen LogP contribution >= 0.6 is 11.3 Å². The number of nitrogens with one attached hydrogen (secondary N) is 3. The number of cyclic esters (lactones) is 1. The number of aromatic nitrogens is 3. The molecule has 0 fully saturated rings. The maximum atomic E-state index is 14.3. The molecule has 3 aliphatic rings. The molecule has 18 heteroatoms. The van der Waals surface area contributed by atoms with E-state index in [1.165, 1.54) is 6.07 Å². The first-order chi connectivity index (χ1) is 29.3. The van der Waals surface area contributed by atoms with E-state index in [9.17, 15) is 38.3 Å². The number of halogens is 1. The molecular formula is C43H36FN7O9S. The number of carbonyl (C=O) groups is 5. The normalized spacial score (nSPS) is 16.5. The van der Waals surface area contributed by atoms with Crippen molar-refractivity contribution in [3.8, 4) is 17.1 Å². The van der Waals surface area contributed by atoms with E-state index in [0.717, 1.165) is 34.1 Å². The number of hydrogen-bond acceptors (Lipinski definition) is 12. The number of aliphatic hydroxyl groups is 1. The summed E-state index contributed by atoms with van der Waals surface area (Å²) in [5.41, 5.74) is 7.71. The molecule has 6 N–H and O–H groups in total. The number of nitrogens with zero attached hydrogens (tertiary/aromatic N) is 3. The summed E-state index contributed by atoms with van der Waals surface area (Å²) in [7, 11) is 0. The highest BCUT2D eigenvalue weighted by Crippen LogP contribution is 2.45. The van der Waals surface area contributed by atoms with Crippen LogP contribution in [0.3, 0.4) is 0 Å². The summed E-state index contributed by atoms with van der Waals surface area (Å²) in [6.45, 7) is 1.43. The quantitative estimate of drug-likeness (QED) is 0.119. The van der Waals surface area contributed by atoms with E-state index in [4.69, 9.17) is 20.2 Å². The molecule has 0 spiro atoms. The Hall–Kier alpha value is -7.05. The molecule has 2 atom stereocenters. The lowest BCUT2D eigenvalue weighted by molar-refractivity contribution is -0.172. The molecule has 0 bridgehead atoms. The molecular weight excluding hydrogens is 810 g/mol. The topological polar surface area (TPSA) is 234 Å². The summed E-state index contributed by atoms with van der Waals surface area (Å²) in [6, 6.07) is 15.3. The highest BCUT2D eigenvalue weighted by atomic mass is 32.1. The van der Waals surface area contributed by atoms with E-state index in [1.54, 1.807) is 54.0 Å². The third-order valence-corrected chi connectivity index (χ3v) is 12.3. The van der Waals surface area contributed by atoms with Crippen molar-refractivity contribution in [2.45, 2.75) is 57.4 Å². The van der Waals surface area contributed by atoms with Crippen LogP contribution < -0.4 is 32.0 Å². The molecule has 0 unspecified atom stereocenters. The van der Waals surface area contributed by atoms with Gasteiger partial charge < -0.3 is 40.8 Å². The lowest BCUT2D eigenvalue weighted by Crippen LogP contribution is -2.49. The number of hydrogen-bond donors (Lipinski definition) is 5. The molecule has 61 heavy (non-hydrogen) atoms. The molecule has 310 valence electrons. The van der Waals surface area contributed by atoms with E-state index in [1.807, 2.05) is 6.07 Å². The fourth-order valence-corrected chi connectivity index (χ4v) is 9.19. The molecule has 16 nitrogen and oxygen atoms in total. The third-order valence-electron chi connectivity index (χ3n) is 11.3. The van der Waals surface area contributed by atoms with Gasteiger partial charge in [0, 0.05) is 35.4 Å². The van der Waals surface area contributed by atoms with Crippen molar-refractivity contribution in [3.63, 3.8) is 0 Å². The Morgan fingerprint density at radius 3 is 2.57 bits per heavy atom. The van der Waals surface area contributed by atoms with Crippen LogP contribution in [0.1, 0.15) is 56.5 Å². The van der Waals surface area contributed by atoms with Crippen molar-refractivity contribution in [2.24, 2.45) is 5.73 Å². The molecule has 0 radical (unpaired) electrons. The van der Waals surface area contributed by atoms with Crippen LogP contribution in [0.4, 0.5) is 10.1 Å². The molecule has 0 saturated heterocycles. The van der Waals surface area contributed by atoms with E-state index >= 15 is 0 Å². The number of amides is 4. The van der Waals surface area contributed by atoms with Crippen LogP contribution in [0, 0.1) is 5.82 Å². The smallest absolute Gasteiger partial charge is 0.343 e. The van der Waals surface area contributed by atoms with Crippen LogP contribution in [-0.4, -0.2) is 68.4 Å². The first-order valence-electron chi connectivity index (χ1n) is 19.4. The van der Waals surface area contributed by atoms with Gasteiger partial charge in [-0.15, -0.1) is 11.3 Å². The zero-order chi connectivity index (χ0) is 42.7. The van der Waals surface area contributed by atoms with Crippen molar-refractivity contribution in [3.05, 3.63) is 115 Å². The summed E-state index contributed by atoms with van der Waals surface area (Å²) < 4.78 is 27.7. The second kappa shape index (κ2) is 15.2. The van der Waals surface area contributed by atoms with Crippen LogP contribution in [0.5, 0.6) is 5.75 Å². The minimum absolute atomic E-state index is 0.0224. The van der Waals surface area contributed by atoms with Gasteiger partial charge in [0.05, 0.1) is 70.1 Å². The molecule has 0 saturated carbocycles. The number of thiazole rings is 1. The monoisotopic (exact) mass is 845 g/mol. The van der Waals surface area contributed by atoms with Gasteiger partial charge in [-0.1, -0.05) is 37.3 Å². The number of carbonyl (C=O) groups excluding carboxylic acids is 5. The molecule has 3 aromatic heterocycles. The Labute approximate surface area is 348 Å². The third kappa shape index (κ3) is 6.92. The van der Waals surface area contributed by atoms with Crippen molar-refractivity contribution >= 4 is 67.7 Å². The van der Waals surface area contributed by atoms with Crippen LogP contribution in [-0.2, 0) is 61.9 Å². The molecule has 6 aromatic rings. The number of benzene rings is 3. The van der Waals surface area contributed by atoms with Crippen molar-refractivity contribution < 1.29 is 42.9 Å². The summed E-state index contributed by atoms with van der Waals surface area (Å²) in [6.07, 6.45) is 0.390. The second-order valence-corrected chi connectivity index (χ2v) is 16.1. The molecule has 3 aromatic carbocycles. The van der Waals surface area contributed by atoms with Gasteiger partial charge in [0.2, 0.25) is 17.7 Å². The molecule has 0 aliphatic carbocycles. The van der Waals surface area contributed by atoms with Crippen molar-refractivity contribution in [2.75, 3.05) is 18.5 Å². The van der Waals surface area contributed by atoms with E-state index in [2.05, 4.69) is 20.9 Å². The fourth-order valence-electron chi connectivity index (χ4n) is 8.20. The van der Waals surface area contributed by atoms with Gasteiger partial charge in [-0.25, -0.2) is 19.2 Å². The van der Waals surface area contributed by atoms with Gasteiger partial charge in [-0.05, 0) is 41.8 Å². The van der Waals surface area contributed by atoms with Gasteiger partial charge in [0.15, 0.2) is 11.4 Å². The largest absolute Gasteiger partial charge is 0.490 e. The highest BCUT2D eigenvalue weighted by Gasteiger charge is 2.45. The standard InChI is InChI=1S/C43H36FN7O9S/c1-2-43(58)25-14-31-37-23(18-51(31)41(56)24(25)19-60-42(43)57)21-10-11-59-38-28(9-8-27(50-37)36(21)38)47-34(53)17-46-40(55)30(12-20-6-4-3-5-7-20)48-33(52)16-35-49-29-15-26(44)22(39(45)54)13-32(29)61-35/h3-9,13-15,30,58H,2,10-12,16-19H2,1H3,(H2,45,54)(H,46,55)(H,47,53)(H,48,52)/t30-,43-/m0/s1. The second-order valence-electron chi connectivity index (χ2n) is 15.0. The van der Waals surface area contributed by atoms with Crippen molar-refractivity contribution in [1.29, 1.82) is 0 Å². The average Bonchev–Trinajstić information content (AvgIpc) is 3.82. The van der Waals surface area contributed by atoms with Crippen LogP contribution in [0.25, 0.3) is 32.5 Å². The fraction of sp³-hybridized carbons (Fsp3) is 0.256. The summed E-state index contributed by atoms with van der Waals surface area (Å²) in [4.78, 5) is 87.5. The van der Waals surface area contributed by atoms with Gasteiger partial charge in [0.25, 0.3) is 11.5 Å². The van der Waals surface area contributed by atoms with E-state index < -0.39 is 53.6 Å². The number of fused-ring (bicyclic) bond motifs is 6. The minimum Gasteiger partial charge on any atom is -0.490 e. The van der Waals surface area contributed by atoms with E-state index in [-0.39, 0.29) is 66.8 Å². The van der Waals surface area contributed by atoms with Crippen molar-refractivity contribution in [1.82, 2.24) is 25.2 Å². The molecule has 9 rings (SSSR count). The van der Waals surface area contributed by atoms with Gasteiger partial charge in [-0.2, -0.15) is 0 Å². The number of pyridine rings is 2. The van der Waals surface area contributed by atoms with Crippen LogP contribution in [0.15, 0.2) is 65.5 Å². The Morgan fingerprint density at radius 2 is 1.80 bits per heavy atom. The Balaban J connectivity index is 0.920. The predicted octanol–water partition coefficient (Wildman–Crippen LogP) is 2.89. The number of primary amides is 1. The first-order valence-corrected chi connectivity index (χ1v) is 20.2.